The smallest absolute Gasteiger partial charge is 0.155 e. The Kier molecular flexibility index (Phi) is 6.13. The number of hydrogen-bond acceptors (Lipinski definition) is 4. The zero-order valence-electron chi connectivity index (χ0n) is 9.53. The van der Waals surface area contributed by atoms with Crippen LogP contribution in [0.3, 0.4) is 0 Å². The minimum absolute atomic E-state index is 0.0574. The molecule has 4 nitrogen and oxygen atoms in total. The zero-order valence-corrected chi connectivity index (χ0v) is 9.53. The van der Waals surface area contributed by atoms with E-state index in [1.165, 1.54) is 17.4 Å². The number of nitrogens with two attached hydrogens (primary N) is 2. The number of hydrogen-bond donors (Lipinski definition) is 2. The summed E-state index contributed by atoms with van der Waals surface area (Å²) in [5, 5.41) is 1.37. The second kappa shape index (κ2) is 6.84. The van der Waals surface area contributed by atoms with E-state index in [1.54, 1.807) is 13.0 Å². The molecule has 0 radical (unpaired) electrons. The summed E-state index contributed by atoms with van der Waals surface area (Å²) in [5.41, 5.74) is 6.71. The van der Waals surface area contributed by atoms with Crippen molar-refractivity contribution >= 4 is 5.78 Å². The predicted octanol–water partition coefficient (Wildman–Crippen LogP) is 1.42. The lowest BCUT2D eigenvalue weighted by molar-refractivity contribution is -0.113. The highest BCUT2D eigenvalue weighted by Gasteiger charge is 2.04. The molecule has 0 aromatic heterocycles. The molecule has 0 aromatic rings. The number of hydrazine groups is 1. The number of ketones is 1. The first-order valence-corrected chi connectivity index (χ1v) is 4.86. The number of carbonyl (C=O) groups is 1. The van der Waals surface area contributed by atoms with E-state index in [-0.39, 0.29) is 5.78 Å². The molecule has 0 rings (SSSR count). The van der Waals surface area contributed by atoms with Gasteiger partial charge in [-0.05, 0) is 31.9 Å². The Bertz CT molecular complexity index is 303. The summed E-state index contributed by atoms with van der Waals surface area (Å²) in [4.78, 5) is 11.2. The molecule has 0 aliphatic carbocycles. The van der Waals surface area contributed by atoms with Crippen molar-refractivity contribution in [3.8, 4) is 0 Å². The van der Waals surface area contributed by atoms with Crippen LogP contribution in [-0.2, 0) is 4.79 Å². The van der Waals surface area contributed by atoms with E-state index >= 15 is 0 Å². The lowest BCUT2D eigenvalue weighted by atomic mass is 10.1. The molecule has 0 saturated heterocycles. The van der Waals surface area contributed by atoms with Crippen molar-refractivity contribution in [1.82, 2.24) is 5.01 Å². The molecule has 0 atom stereocenters. The lowest BCUT2D eigenvalue weighted by Crippen LogP contribution is -2.24. The summed E-state index contributed by atoms with van der Waals surface area (Å²) >= 11 is 0. The number of rotatable bonds is 5. The second-order valence-corrected chi connectivity index (χ2v) is 3.04. The van der Waals surface area contributed by atoms with Gasteiger partial charge in [0, 0.05) is 12.4 Å². The van der Waals surface area contributed by atoms with Crippen LogP contribution in [0.4, 0.5) is 0 Å². The van der Waals surface area contributed by atoms with Gasteiger partial charge in [-0.1, -0.05) is 13.0 Å². The predicted molar refractivity (Wildman–Crippen MR) is 62.2 cm³/mol. The Morgan fingerprint density at radius 1 is 1.47 bits per heavy atom. The Hall–Kier alpha value is -1.55. The van der Waals surface area contributed by atoms with E-state index in [4.69, 9.17) is 11.6 Å². The van der Waals surface area contributed by atoms with E-state index in [0.29, 0.717) is 6.42 Å². The molecule has 0 bridgehead atoms. The fourth-order valence-electron chi connectivity index (χ4n) is 1.12. The van der Waals surface area contributed by atoms with Crippen molar-refractivity contribution < 1.29 is 4.79 Å². The molecular formula is C11H19N3O. The molecule has 0 aliphatic rings. The SMILES string of the molecule is C/C=C(\C=C(/CC)C(C)=O)N(N)/C=C\N. The van der Waals surface area contributed by atoms with Crippen LogP contribution in [0.5, 0.6) is 0 Å². The van der Waals surface area contributed by atoms with Gasteiger partial charge in [-0.2, -0.15) is 0 Å². The molecule has 4 N–H and O–H groups in total. The summed E-state index contributed by atoms with van der Waals surface area (Å²) in [7, 11) is 0. The Balaban J connectivity index is 4.93. The molecule has 4 heteroatoms. The first-order valence-electron chi connectivity index (χ1n) is 4.86. The van der Waals surface area contributed by atoms with Crippen LogP contribution >= 0.6 is 0 Å². The quantitative estimate of drug-likeness (QED) is 0.311. The monoisotopic (exact) mass is 209 g/mol. The third kappa shape index (κ3) is 4.46. The van der Waals surface area contributed by atoms with Crippen LogP contribution in [0, 0.1) is 0 Å². The fourth-order valence-corrected chi connectivity index (χ4v) is 1.12. The van der Waals surface area contributed by atoms with Gasteiger partial charge >= 0.3 is 0 Å². The molecule has 0 heterocycles. The highest BCUT2D eigenvalue weighted by molar-refractivity contribution is 5.93. The van der Waals surface area contributed by atoms with Gasteiger partial charge in [0.25, 0.3) is 0 Å². The number of allylic oxidation sites excluding steroid dienone is 3. The van der Waals surface area contributed by atoms with Gasteiger partial charge in [-0.25, -0.2) is 5.84 Å². The van der Waals surface area contributed by atoms with Gasteiger partial charge in [0.05, 0.1) is 5.70 Å². The number of carbonyl (C=O) groups excluding carboxylic acids is 1. The molecular weight excluding hydrogens is 190 g/mol. The van der Waals surface area contributed by atoms with Crippen LogP contribution in [-0.4, -0.2) is 10.8 Å². The second-order valence-electron chi connectivity index (χ2n) is 3.04. The van der Waals surface area contributed by atoms with Crippen molar-refractivity contribution in [3.63, 3.8) is 0 Å². The van der Waals surface area contributed by atoms with Gasteiger partial charge in [0.15, 0.2) is 5.78 Å². The molecule has 0 amide bonds. The Labute approximate surface area is 90.9 Å². The lowest BCUT2D eigenvalue weighted by Gasteiger charge is -2.15. The topological polar surface area (TPSA) is 72.3 Å². The average Bonchev–Trinajstić information content (AvgIpc) is 2.19. The van der Waals surface area contributed by atoms with Crippen molar-refractivity contribution in [1.29, 1.82) is 0 Å². The average molecular weight is 209 g/mol. The van der Waals surface area contributed by atoms with E-state index in [9.17, 15) is 4.79 Å². The van der Waals surface area contributed by atoms with Crippen LogP contribution in [0.2, 0.25) is 0 Å². The van der Waals surface area contributed by atoms with Gasteiger partial charge in [0.1, 0.15) is 0 Å². The van der Waals surface area contributed by atoms with Crippen LogP contribution in [0.15, 0.2) is 35.8 Å². The number of Topliss-reactive ketones (excluding diaryl/α,β-unsaturated/α-hetero) is 1. The molecule has 0 fully saturated rings. The Morgan fingerprint density at radius 3 is 2.40 bits per heavy atom. The highest BCUT2D eigenvalue weighted by atomic mass is 16.1. The molecule has 15 heavy (non-hydrogen) atoms. The first-order chi connectivity index (χ1) is 7.06. The summed E-state index contributed by atoms with van der Waals surface area (Å²) in [6, 6.07) is 0. The van der Waals surface area contributed by atoms with Crippen molar-refractivity contribution in [3.05, 3.63) is 35.8 Å². The summed E-state index contributed by atoms with van der Waals surface area (Å²) in [6.45, 7) is 5.33. The summed E-state index contributed by atoms with van der Waals surface area (Å²) < 4.78 is 0. The van der Waals surface area contributed by atoms with Crippen molar-refractivity contribution in [2.24, 2.45) is 11.6 Å². The maximum atomic E-state index is 11.2. The van der Waals surface area contributed by atoms with E-state index in [2.05, 4.69) is 0 Å². The normalized spacial score (nSPS) is 13.3. The van der Waals surface area contributed by atoms with Gasteiger partial charge in [0.2, 0.25) is 0 Å². The standard InChI is InChI=1S/C11H19N3O/c1-4-10(9(3)15)8-11(5-2)14(13)7-6-12/h5-8H,4,12-13H2,1-3H3/b7-6-,10-8+,11-5+. The minimum Gasteiger partial charge on any atom is -0.403 e. The Morgan fingerprint density at radius 2 is 2.07 bits per heavy atom. The van der Waals surface area contributed by atoms with Crippen LogP contribution < -0.4 is 11.6 Å². The fraction of sp³-hybridized carbons (Fsp3) is 0.364. The van der Waals surface area contributed by atoms with Gasteiger partial charge < -0.3 is 5.73 Å². The van der Waals surface area contributed by atoms with E-state index in [1.807, 2.05) is 19.9 Å². The van der Waals surface area contributed by atoms with Crippen molar-refractivity contribution in [2.45, 2.75) is 27.2 Å². The minimum atomic E-state index is 0.0574. The third-order valence-electron chi connectivity index (χ3n) is 2.00. The summed E-state index contributed by atoms with van der Waals surface area (Å²) in [5.74, 6) is 5.74. The molecule has 0 spiro atoms. The number of nitrogens with zero attached hydrogens (tertiary/aromatic N) is 1. The largest absolute Gasteiger partial charge is 0.403 e. The highest BCUT2D eigenvalue weighted by Crippen LogP contribution is 2.09. The maximum Gasteiger partial charge on any atom is 0.155 e. The molecule has 0 unspecified atom stereocenters. The van der Waals surface area contributed by atoms with E-state index in [0.717, 1.165) is 11.3 Å². The maximum absolute atomic E-state index is 11.2. The molecule has 0 aliphatic heterocycles. The van der Waals surface area contributed by atoms with Crippen LogP contribution in [0.25, 0.3) is 0 Å². The molecule has 0 saturated carbocycles. The summed E-state index contributed by atoms with van der Waals surface area (Å²) in [6.07, 6.45) is 7.14. The van der Waals surface area contributed by atoms with E-state index < -0.39 is 0 Å². The molecule has 84 valence electrons. The zero-order chi connectivity index (χ0) is 11.8. The third-order valence-corrected chi connectivity index (χ3v) is 2.00. The van der Waals surface area contributed by atoms with Crippen LogP contribution in [0.1, 0.15) is 27.2 Å². The first kappa shape index (κ1) is 13.4. The van der Waals surface area contributed by atoms with Gasteiger partial charge in [-0.3, -0.25) is 9.80 Å². The van der Waals surface area contributed by atoms with Crippen molar-refractivity contribution in [2.75, 3.05) is 0 Å². The van der Waals surface area contributed by atoms with Gasteiger partial charge in [-0.15, -0.1) is 0 Å². The molecule has 0 aromatic carbocycles.